The van der Waals surface area contributed by atoms with E-state index in [1.54, 1.807) is 18.2 Å². The normalized spacial score (nSPS) is 11.2. The van der Waals surface area contributed by atoms with Gasteiger partial charge >= 0.3 is 0 Å². The van der Waals surface area contributed by atoms with E-state index in [-0.39, 0.29) is 5.82 Å². The molecule has 0 aliphatic rings. The zero-order chi connectivity index (χ0) is 17.6. The van der Waals surface area contributed by atoms with Crippen LogP contribution in [0.3, 0.4) is 0 Å². The predicted molar refractivity (Wildman–Crippen MR) is 98.6 cm³/mol. The maximum absolute atomic E-state index is 13.0. The van der Waals surface area contributed by atoms with Gasteiger partial charge in [0.05, 0.1) is 17.9 Å². The number of allylic oxidation sites excluding steroid dienone is 1. The Kier molecular flexibility index (Phi) is 5.22. The fourth-order valence-corrected chi connectivity index (χ4v) is 3.08. The number of nitriles is 1. The molecule has 0 amide bonds. The summed E-state index contributed by atoms with van der Waals surface area (Å²) in [4.78, 5) is 4.51. The van der Waals surface area contributed by atoms with E-state index in [1.807, 2.05) is 36.6 Å². The minimum atomic E-state index is -0.285. The molecule has 1 heterocycles. The van der Waals surface area contributed by atoms with Crippen molar-refractivity contribution in [1.29, 1.82) is 5.26 Å². The lowest BCUT2D eigenvalue weighted by Crippen LogP contribution is -1.90. The molecule has 3 rings (SSSR count). The van der Waals surface area contributed by atoms with Crippen molar-refractivity contribution < 1.29 is 9.13 Å². The standard InChI is InChI=1S/C20H15FN2OS/c1-2-24-18-9-3-14(4-10-18)11-16(12-22)20-23-19(13-25-20)15-5-7-17(21)8-6-15/h3-11,13H,2H2,1H3/b16-11+. The smallest absolute Gasteiger partial charge is 0.134 e. The van der Waals surface area contributed by atoms with E-state index < -0.39 is 0 Å². The first-order chi connectivity index (χ1) is 12.2. The number of hydrogen-bond donors (Lipinski definition) is 0. The van der Waals surface area contributed by atoms with Crippen LogP contribution in [0.1, 0.15) is 17.5 Å². The van der Waals surface area contributed by atoms with Crippen LogP contribution < -0.4 is 4.74 Å². The highest BCUT2D eigenvalue weighted by Gasteiger charge is 2.09. The molecule has 124 valence electrons. The number of halogens is 1. The average Bonchev–Trinajstić information content (AvgIpc) is 3.12. The molecule has 1 aromatic heterocycles. The lowest BCUT2D eigenvalue weighted by atomic mass is 10.1. The van der Waals surface area contributed by atoms with Gasteiger partial charge in [0.25, 0.3) is 0 Å². The molecule has 25 heavy (non-hydrogen) atoms. The van der Waals surface area contributed by atoms with E-state index in [2.05, 4.69) is 11.1 Å². The van der Waals surface area contributed by atoms with Crippen LogP contribution >= 0.6 is 11.3 Å². The molecule has 0 radical (unpaired) electrons. The zero-order valence-corrected chi connectivity index (χ0v) is 14.4. The van der Waals surface area contributed by atoms with Gasteiger partial charge in [0.2, 0.25) is 0 Å². The highest BCUT2D eigenvalue weighted by molar-refractivity contribution is 7.11. The van der Waals surface area contributed by atoms with E-state index in [4.69, 9.17) is 4.74 Å². The molecule has 5 heteroatoms. The van der Waals surface area contributed by atoms with E-state index in [0.717, 1.165) is 22.6 Å². The van der Waals surface area contributed by atoms with E-state index in [1.165, 1.54) is 23.5 Å². The molecular formula is C20H15FN2OS. The van der Waals surface area contributed by atoms with Gasteiger partial charge in [-0.15, -0.1) is 11.3 Å². The number of rotatable bonds is 5. The van der Waals surface area contributed by atoms with Gasteiger partial charge in [0.1, 0.15) is 22.6 Å². The summed E-state index contributed by atoms with van der Waals surface area (Å²) >= 11 is 1.39. The van der Waals surface area contributed by atoms with Gasteiger partial charge in [-0.25, -0.2) is 9.37 Å². The molecule has 3 nitrogen and oxygen atoms in total. The lowest BCUT2D eigenvalue weighted by molar-refractivity contribution is 0.340. The van der Waals surface area contributed by atoms with Crippen LogP contribution in [-0.4, -0.2) is 11.6 Å². The van der Waals surface area contributed by atoms with E-state index in [9.17, 15) is 9.65 Å². The molecule has 0 saturated heterocycles. The number of benzene rings is 2. The van der Waals surface area contributed by atoms with Gasteiger partial charge in [-0.2, -0.15) is 5.26 Å². The summed E-state index contributed by atoms with van der Waals surface area (Å²) in [5.41, 5.74) is 2.94. The summed E-state index contributed by atoms with van der Waals surface area (Å²) in [6, 6.07) is 15.9. The number of nitrogens with zero attached hydrogens (tertiary/aromatic N) is 2. The molecule has 0 aliphatic heterocycles. The number of hydrogen-bond acceptors (Lipinski definition) is 4. The second-order valence-electron chi connectivity index (χ2n) is 5.22. The Morgan fingerprint density at radius 1 is 1.20 bits per heavy atom. The topological polar surface area (TPSA) is 45.9 Å². The number of ether oxygens (including phenoxy) is 1. The highest BCUT2D eigenvalue weighted by Crippen LogP contribution is 2.27. The third-order valence-electron chi connectivity index (χ3n) is 3.50. The second-order valence-corrected chi connectivity index (χ2v) is 6.07. The Balaban J connectivity index is 1.86. The first kappa shape index (κ1) is 16.9. The maximum atomic E-state index is 13.0. The van der Waals surface area contributed by atoms with Crippen molar-refractivity contribution in [2.24, 2.45) is 0 Å². The minimum Gasteiger partial charge on any atom is -0.494 e. The molecule has 0 saturated carbocycles. The van der Waals surface area contributed by atoms with Crippen molar-refractivity contribution in [2.75, 3.05) is 6.61 Å². The Morgan fingerprint density at radius 2 is 1.92 bits per heavy atom. The third-order valence-corrected chi connectivity index (χ3v) is 4.37. The van der Waals surface area contributed by atoms with E-state index >= 15 is 0 Å². The van der Waals surface area contributed by atoms with Crippen molar-refractivity contribution in [3.8, 4) is 23.1 Å². The number of aromatic nitrogens is 1. The SMILES string of the molecule is CCOc1ccc(/C=C(\C#N)c2nc(-c3ccc(F)cc3)cs2)cc1. The van der Waals surface area contributed by atoms with Crippen LogP contribution in [0.4, 0.5) is 4.39 Å². The van der Waals surface area contributed by atoms with Gasteiger partial charge in [-0.1, -0.05) is 12.1 Å². The minimum absolute atomic E-state index is 0.285. The summed E-state index contributed by atoms with van der Waals surface area (Å²) in [6.45, 7) is 2.55. The van der Waals surface area contributed by atoms with Crippen molar-refractivity contribution in [3.05, 3.63) is 70.3 Å². The monoisotopic (exact) mass is 350 g/mol. The molecular weight excluding hydrogens is 335 g/mol. The third kappa shape index (κ3) is 4.11. The van der Waals surface area contributed by atoms with Crippen LogP contribution in [0, 0.1) is 17.1 Å². The fraction of sp³-hybridized carbons (Fsp3) is 0.100. The molecule has 3 aromatic rings. The van der Waals surface area contributed by atoms with Crippen LogP contribution in [0.15, 0.2) is 53.9 Å². The van der Waals surface area contributed by atoms with Crippen LogP contribution in [0.2, 0.25) is 0 Å². The Labute approximate surface area is 149 Å². The lowest BCUT2D eigenvalue weighted by Gasteiger charge is -2.02. The van der Waals surface area contributed by atoms with Gasteiger partial charge in [-0.05, 0) is 55.0 Å². The molecule has 0 unspecified atom stereocenters. The summed E-state index contributed by atoms with van der Waals surface area (Å²) in [5, 5.41) is 12.0. The molecule has 0 aliphatic carbocycles. The Morgan fingerprint density at radius 3 is 2.56 bits per heavy atom. The summed E-state index contributed by atoms with van der Waals surface area (Å²) in [5.74, 6) is 0.512. The molecule has 0 fully saturated rings. The molecule has 0 atom stereocenters. The highest BCUT2D eigenvalue weighted by atomic mass is 32.1. The van der Waals surface area contributed by atoms with Crippen LogP contribution in [0.5, 0.6) is 5.75 Å². The maximum Gasteiger partial charge on any atom is 0.134 e. The molecule has 2 aromatic carbocycles. The van der Waals surface area contributed by atoms with E-state index in [0.29, 0.717) is 17.2 Å². The van der Waals surface area contributed by atoms with Crippen molar-refractivity contribution in [3.63, 3.8) is 0 Å². The first-order valence-corrected chi connectivity index (χ1v) is 8.64. The predicted octanol–water partition coefficient (Wildman–Crippen LogP) is 5.41. The molecule has 0 spiro atoms. The van der Waals surface area contributed by atoms with Crippen LogP contribution in [0.25, 0.3) is 22.9 Å². The Hall–Kier alpha value is -2.97. The van der Waals surface area contributed by atoms with Crippen LogP contribution in [-0.2, 0) is 0 Å². The van der Waals surface area contributed by atoms with Crippen molar-refractivity contribution in [2.45, 2.75) is 6.92 Å². The quantitative estimate of drug-likeness (QED) is 0.578. The van der Waals surface area contributed by atoms with Gasteiger partial charge in [0, 0.05) is 10.9 Å². The molecule has 0 bridgehead atoms. The van der Waals surface area contributed by atoms with Gasteiger partial charge in [-0.3, -0.25) is 0 Å². The van der Waals surface area contributed by atoms with Gasteiger partial charge < -0.3 is 4.74 Å². The first-order valence-electron chi connectivity index (χ1n) is 7.76. The van der Waals surface area contributed by atoms with Crippen molar-refractivity contribution >= 4 is 23.0 Å². The fourth-order valence-electron chi connectivity index (χ4n) is 2.29. The Bertz CT molecular complexity index is 922. The summed E-state index contributed by atoms with van der Waals surface area (Å²) in [7, 11) is 0. The number of thiazole rings is 1. The largest absolute Gasteiger partial charge is 0.494 e. The van der Waals surface area contributed by atoms with Gasteiger partial charge in [0.15, 0.2) is 0 Å². The summed E-state index contributed by atoms with van der Waals surface area (Å²) in [6.07, 6.45) is 1.79. The average molecular weight is 350 g/mol. The zero-order valence-electron chi connectivity index (χ0n) is 13.6. The van der Waals surface area contributed by atoms with Crippen molar-refractivity contribution in [1.82, 2.24) is 4.98 Å². The summed E-state index contributed by atoms with van der Waals surface area (Å²) < 4.78 is 18.4. The second kappa shape index (κ2) is 7.73. The molecule has 0 N–H and O–H groups in total.